The monoisotopic (exact) mass is 342 g/mol. The molecule has 1 fully saturated rings. The molecule has 22 heavy (non-hydrogen) atoms. The van der Waals surface area contributed by atoms with E-state index in [1.165, 1.54) is 4.88 Å². The molecule has 1 aliphatic heterocycles. The summed E-state index contributed by atoms with van der Waals surface area (Å²) in [4.78, 5) is 8.20. The second kappa shape index (κ2) is 10.1. The normalized spacial score (nSPS) is 18.2. The smallest absolute Gasteiger partial charge is 0.191 e. The van der Waals surface area contributed by atoms with Crippen molar-refractivity contribution in [1.82, 2.24) is 15.5 Å². The molecule has 2 heterocycles. The average molecular weight is 343 g/mol. The molecule has 1 unspecified atom stereocenters. The number of ether oxygens (including phenoxy) is 1. The predicted octanol–water partition coefficient (Wildman–Crippen LogP) is 1.65. The van der Waals surface area contributed by atoms with Gasteiger partial charge in [0.1, 0.15) is 0 Å². The zero-order valence-corrected chi connectivity index (χ0v) is 15.0. The molecule has 0 aliphatic carbocycles. The van der Waals surface area contributed by atoms with Crippen molar-refractivity contribution in [2.75, 3.05) is 58.4 Å². The van der Waals surface area contributed by atoms with E-state index in [9.17, 15) is 0 Å². The van der Waals surface area contributed by atoms with Crippen LogP contribution < -0.4 is 10.6 Å². The van der Waals surface area contributed by atoms with Gasteiger partial charge in [0.15, 0.2) is 5.96 Å². The molecule has 0 spiro atoms. The number of rotatable bonds is 7. The van der Waals surface area contributed by atoms with Gasteiger partial charge in [-0.1, -0.05) is 6.07 Å². The maximum atomic E-state index is 5.48. The zero-order valence-electron chi connectivity index (χ0n) is 13.4. The van der Waals surface area contributed by atoms with Crippen LogP contribution >= 0.6 is 23.1 Å². The van der Waals surface area contributed by atoms with E-state index in [1.807, 2.05) is 30.1 Å². The summed E-state index contributed by atoms with van der Waals surface area (Å²) < 4.78 is 5.48. The van der Waals surface area contributed by atoms with Crippen molar-refractivity contribution in [2.45, 2.75) is 6.04 Å². The first kappa shape index (κ1) is 17.6. The Bertz CT molecular complexity index is 433. The van der Waals surface area contributed by atoms with Crippen molar-refractivity contribution in [2.24, 2.45) is 4.99 Å². The maximum absolute atomic E-state index is 5.48. The first-order valence-electron chi connectivity index (χ1n) is 7.63. The molecule has 0 bridgehead atoms. The molecule has 1 aromatic rings. The number of morpholine rings is 1. The van der Waals surface area contributed by atoms with Crippen LogP contribution in [0.5, 0.6) is 0 Å². The predicted molar refractivity (Wildman–Crippen MR) is 97.2 cm³/mol. The lowest BCUT2D eigenvalue weighted by Gasteiger charge is -2.34. The summed E-state index contributed by atoms with van der Waals surface area (Å²) in [7, 11) is 1.82. The number of thioether (sulfide) groups is 1. The minimum Gasteiger partial charge on any atom is -0.379 e. The van der Waals surface area contributed by atoms with Gasteiger partial charge in [-0.2, -0.15) is 11.8 Å². The van der Waals surface area contributed by atoms with E-state index in [2.05, 4.69) is 44.3 Å². The quantitative estimate of drug-likeness (QED) is 0.448. The van der Waals surface area contributed by atoms with Crippen LogP contribution in [0, 0.1) is 0 Å². The van der Waals surface area contributed by atoms with Crippen LogP contribution in [0.1, 0.15) is 10.9 Å². The third-order valence-electron chi connectivity index (χ3n) is 3.64. The van der Waals surface area contributed by atoms with Gasteiger partial charge >= 0.3 is 0 Å². The van der Waals surface area contributed by atoms with Crippen molar-refractivity contribution in [1.29, 1.82) is 0 Å². The van der Waals surface area contributed by atoms with Gasteiger partial charge in [0.25, 0.3) is 0 Å². The lowest BCUT2D eigenvalue weighted by atomic mass is 10.2. The van der Waals surface area contributed by atoms with Crippen LogP contribution in [0.2, 0.25) is 0 Å². The maximum Gasteiger partial charge on any atom is 0.191 e. The molecule has 1 atom stereocenters. The molecule has 0 amide bonds. The summed E-state index contributed by atoms with van der Waals surface area (Å²) in [5, 5.41) is 8.97. The van der Waals surface area contributed by atoms with Crippen LogP contribution in [0.15, 0.2) is 22.5 Å². The second-order valence-corrected chi connectivity index (χ2v) is 7.02. The highest BCUT2D eigenvalue weighted by Gasteiger charge is 2.23. The molecular weight excluding hydrogens is 316 g/mol. The van der Waals surface area contributed by atoms with Crippen LogP contribution in [-0.4, -0.2) is 69.3 Å². The Morgan fingerprint density at radius 3 is 2.91 bits per heavy atom. The highest BCUT2D eigenvalue weighted by atomic mass is 32.2. The summed E-state index contributed by atoms with van der Waals surface area (Å²) in [6.45, 7) is 5.41. The highest BCUT2D eigenvalue weighted by Crippen LogP contribution is 2.25. The fraction of sp³-hybridized carbons (Fsp3) is 0.667. The van der Waals surface area contributed by atoms with Crippen molar-refractivity contribution in [3.05, 3.63) is 22.4 Å². The molecule has 0 radical (unpaired) electrons. The van der Waals surface area contributed by atoms with Gasteiger partial charge in [-0.3, -0.25) is 9.89 Å². The summed E-state index contributed by atoms with van der Waals surface area (Å²) in [5.74, 6) is 1.96. The Kier molecular flexibility index (Phi) is 8.07. The van der Waals surface area contributed by atoms with Crippen molar-refractivity contribution >= 4 is 29.1 Å². The Balaban J connectivity index is 1.91. The number of hydrogen-bond donors (Lipinski definition) is 2. The molecule has 124 valence electrons. The van der Waals surface area contributed by atoms with Gasteiger partial charge in [-0.25, -0.2) is 0 Å². The first-order valence-corrected chi connectivity index (χ1v) is 9.91. The molecule has 0 saturated carbocycles. The number of nitrogens with zero attached hydrogens (tertiary/aromatic N) is 2. The van der Waals surface area contributed by atoms with Crippen LogP contribution in [-0.2, 0) is 4.74 Å². The van der Waals surface area contributed by atoms with Gasteiger partial charge in [0.2, 0.25) is 0 Å². The van der Waals surface area contributed by atoms with E-state index < -0.39 is 0 Å². The number of nitrogens with one attached hydrogen (secondary N) is 2. The van der Waals surface area contributed by atoms with Gasteiger partial charge in [-0.05, 0) is 17.7 Å². The molecule has 1 aromatic heterocycles. The first-order chi connectivity index (χ1) is 10.8. The Morgan fingerprint density at radius 2 is 2.27 bits per heavy atom. The Labute approximate surface area is 141 Å². The SMILES string of the molecule is CN=C(NCCSC)NCC(c1cccs1)N1CCOCC1. The standard InChI is InChI=1S/C15H26N4OS2/c1-16-15(17-5-11-21-2)18-12-13(14-4-3-10-22-14)19-6-8-20-9-7-19/h3-4,10,13H,5-9,11-12H2,1-2H3,(H2,16,17,18). The van der Waals surface area contributed by atoms with E-state index in [0.29, 0.717) is 6.04 Å². The summed E-state index contributed by atoms with van der Waals surface area (Å²) in [6.07, 6.45) is 2.11. The summed E-state index contributed by atoms with van der Waals surface area (Å²) in [6, 6.07) is 4.72. The molecule has 5 nitrogen and oxygen atoms in total. The van der Waals surface area contributed by atoms with E-state index in [-0.39, 0.29) is 0 Å². The van der Waals surface area contributed by atoms with Crippen LogP contribution in [0.4, 0.5) is 0 Å². The van der Waals surface area contributed by atoms with Gasteiger partial charge < -0.3 is 15.4 Å². The number of aliphatic imine (C=N–C) groups is 1. The third kappa shape index (κ3) is 5.46. The lowest BCUT2D eigenvalue weighted by Crippen LogP contribution is -2.46. The summed E-state index contributed by atoms with van der Waals surface area (Å²) >= 11 is 3.65. The van der Waals surface area contributed by atoms with Crippen molar-refractivity contribution in [3.8, 4) is 0 Å². The average Bonchev–Trinajstić information content (AvgIpc) is 3.09. The number of hydrogen-bond acceptors (Lipinski definition) is 5. The molecule has 1 saturated heterocycles. The van der Waals surface area contributed by atoms with Crippen LogP contribution in [0.25, 0.3) is 0 Å². The topological polar surface area (TPSA) is 48.9 Å². The molecule has 2 N–H and O–H groups in total. The van der Waals surface area contributed by atoms with Crippen molar-refractivity contribution < 1.29 is 4.74 Å². The Morgan fingerprint density at radius 1 is 1.45 bits per heavy atom. The fourth-order valence-corrected chi connectivity index (χ4v) is 3.63. The van der Waals surface area contributed by atoms with Crippen molar-refractivity contribution in [3.63, 3.8) is 0 Å². The number of thiophene rings is 1. The molecule has 2 rings (SSSR count). The molecular formula is C15H26N4OS2. The second-order valence-electron chi connectivity index (χ2n) is 5.05. The number of guanidine groups is 1. The largest absolute Gasteiger partial charge is 0.379 e. The summed E-state index contributed by atoms with van der Waals surface area (Å²) in [5.41, 5.74) is 0. The minimum absolute atomic E-state index is 0.378. The fourth-order valence-electron chi connectivity index (χ4n) is 2.47. The van der Waals surface area contributed by atoms with E-state index in [4.69, 9.17) is 4.74 Å². The van der Waals surface area contributed by atoms with Gasteiger partial charge in [0.05, 0.1) is 19.3 Å². The van der Waals surface area contributed by atoms with E-state index in [1.54, 1.807) is 0 Å². The Hall–Kier alpha value is -0.760. The zero-order chi connectivity index (χ0) is 15.6. The third-order valence-corrected chi connectivity index (χ3v) is 5.23. The molecule has 0 aromatic carbocycles. The van der Waals surface area contributed by atoms with Gasteiger partial charge in [-0.15, -0.1) is 11.3 Å². The molecule has 1 aliphatic rings. The van der Waals surface area contributed by atoms with E-state index >= 15 is 0 Å². The minimum atomic E-state index is 0.378. The van der Waals surface area contributed by atoms with Gasteiger partial charge in [0, 0.05) is 43.9 Å². The lowest BCUT2D eigenvalue weighted by molar-refractivity contribution is 0.0177. The van der Waals surface area contributed by atoms with E-state index in [0.717, 1.165) is 51.1 Å². The molecule has 7 heteroatoms. The van der Waals surface area contributed by atoms with Crippen LogP contribution in [0.3, 0.4) is 0 Å². The highest BCUT2D eigenvalue weighted by molar-refractivity contribution is 7.98.